The predicted octanol–water partition coefficient (Wildman–Crippen LogP) is 8.99. The molecule has 0 spiro atoms. The summed E-state index contributed by atoms with van der Waals surface area (Å²) in [6.45, 7) is 3.43. The van der Waals surface area contributed by atoms with Crippen LogP contribution >= 0.6 is 0 Å². The fourth-order valence-electron chi connectivity index (χ4n) is 5.23. The molecule has 2 N–H and O–H groups in total. The fraction of sp³-hybridized carbons (Fsp3) is 0.100. The Kier molecular flexibility index (Phi) is 9.07. The molecule has 0 aromatic heterocycles. The molecule has 2 unspecified atom stereocenters. The van der Waals surface area contributed by atoms with E-state index in [-0.39, 0.29) is 11.8 Å². The van der Waals surface area contributed by atoms with Crippen LogP contribution in [0, 0.1) is 0 Å². The molecule has 6 aromatic carbocycles. The first-order valence-corrected chi connectivity index (χ1v) is 15.2. The van der Waals surface area contributed by atoms with Gasteiger partial charge in [-0.3, -0.25) is 9.59 Å². The monoisotopic (exact) mass is 606 g/mol. The topological polar surface area (TPSA) is 76.7 Å². The Morgan fingerprint density at radius 2 is 0.783 bits per heavy atom. The van der Waals surface area contributed by atoms with Crippen LogP contribution in [0.2, 0.25) is 0 Å². The molecule has 0 heterocycles. The third-order valence-electron chi connectivity index (χ3n) is 7.72. The van der Waals surface area contributed by atoms with E-state index in [2.05, 4.69) is 10.6 Å². The minimum atomic E-state index is -0.736. The number of hydrogen-bond donors (Lipinski definition) is 2. The highest BCUT2D eigenvalue weighted by Crippen LogP contribution is 2.30. The molecule has 2 amide bonds. The summed E-state index contributed by atoms with van der Waals surface area (Å²) in [5, 5.41) is 7.57. The highest BCUT2D eigenvalue weighted by atomic mass is 16.5. The molecule has 0 saturated carbocycles. The molecule has 6 nitrogen and oxygen atoms in total. The van der Waals surface area contributed by atoms with E-state index in [9.17, 15) is 9.59 Å². The van der Waals surface area contributed by atoms with Crippen LogP contribution in [-0.4, -0.2) is 24.0 Å². The summed E-state index contributed by atoms with van der Waals surface area (Å²) in [7, 11) is 0. The smallest absolute Gasteiger partial charge is 0.265 e. The van der Waals surface area contributed by atoms with Crippen molar-refractivity contribution in [2.45, 2.75) is 26.1 Å². The molecule has 2 atom stereocenters. The molecule has 228 valence electrons. The third kappa shape index (κ3) is 7.08. The average Bonchev–Trinajstić information content (AvgIpc) is 3.10. The standard InChI is InChI=1S/C40H34N2O4/c1-27(45-33-23-19-31(20-24-33)29-11-5-3-6-12-29)39(43)41-37-17-9-16-36-35(37)15-10-18-38(36)42-40(44)28(2)46-34-25-21-32(22-26-34)30-13-7-4-8-14-30/h3-28H,1-2H3,(H,41,43)(H,42,44). The van der Waals surface area contributed by atoms with Gasteiger partial charge in [-0.2, -0.15) is 0 Å². The number of carbonyl (C=O) groups excluding carboxylic acids is 2. The van der Waals surface area contributed by atoms with E-state index in [4.69, 9.17) is 9.47 Å². The maximum Gasteiger partial charge on any atom is 0.265 e. The van der Waals surface area contributed by atoms with E-state index in [0.29, 0.717) is 22.9 Å². The largest absolute Gasteiger partial charge is 0.481 e. The van der Waals surface area contributed by atoms with Gasteiger partial charge < -0.3 is 20.1 Å². The molecule has 0 aliphatic rings. The highest BCUT2D eigenvalue weighted by molar-refractivity contribution is 6.10. The lowest BCUT2D eigenvalue weighted by atomic mass is 10.1. The van der Waals surface area contributed by atoms with Gasteiger partial charge in [-0.05, 0) is 72.5 Å². The van der Waals surface area contributed by atoms with Crippen molar-refractivity contribution in [3.05, 3.63) is 146 Å². The van der Waals surface area contributed by atoms with Crippen LogP contribution in [0.5, 0.6) is 11.5 Å². The van der Waals surface area contributed by atoms with Crippen molar-refractivity contribution < 1.29 is 19.1 Å². The molecule has 46 heavy (non-hydrogen) atoms. The first kappa shape index (κ1) is 30.2. The van der Waals surface area contributed by atoms with E-state index in [1.807, 2.05) is 146 Å². The molecule has 6 aromatic rings. The number of nitrogens with one attached hydrogen (secondary N) is 2. The van der Waals surface area contributed by atoms with Gasteiger partial charge in [0.05, 0.1) is 0 Å². The normalized spacial score (nSPS) is 12.1. The Hall–Kier alpha value is -5.88. The second-order valence-electron chi connectivity index (χ2n) is 11.0. The van der Waals surface area contributed by atoms with Gasteiger partial charge in [0, 0.05) is 22.1 Å². The van der Waals surface area contributed by atoms with Crippen LogP contribution in [0.25, 0.3) is 33.0 Å². The number of carbonyl (C=O) groups is 2. The van der Waals surface area contributed by atoms with Crippen molar-refractivity contribution >= 4 is 34.0 Å². The molecule has 0 fully saturated rings. The lowest BCUT2D eigenvalue weighted by molar-refractivity contribution is -0.122. The summed E-state index contributed by atoms with van der Waals surface area (Å²) in [6, 6.07) is 46.7. The van der Waals surface area contributed by atoms with Gasteiger partial charge in [0.1, 0.15) is 11.5 Å². The molecular formula is C40H34N2O4. The molecule has 6 rings (SSSR count). The predicted molar refractivity (Wildman–Crippen MR) is 185 cm³/mol. The van der Waals surface area contributed by atoms with Gasteiger partial charge in [-0.25, -0.2) is 0 Å². The minimum Gasteiger partial charge on any atom is -0.481 e. The zero-order valence-corrected chi connectivity index (χ0v) is 25.6. The summed E-state index contributed by atoms with van der Waals surface area (Å²) in [6.07, 6.45) is -1.47. The first-order valence-electron chi connectivity index (χ1n) is 15.2. The van der Waals surface area contributed by atoms with Crippen LogP contribution < -0.4 is 20.1 Å². The zero-order chi connectivity index (χ0) is 31.9. The van der Waals surface area contributed by atoms with Gasteiger partial charge >= 0.3 is 0 Å². The number of amides is 2. The summed E-state index contributed by atoms with van der Waals surface area (Å²) in [4.78, 5) is 26.3. The summed E-state index contributed by atoms with van der Waals surface area (Å²) < 4.78 is 11.9. The van der Waals surface area contributed by atoms with Crippen LogP contribution in [0.15, 0.2) is 146 Å². The lowest BCUT2D eigenvalue weighted by Gasteiger charge is -2.18. The molecule has 6 heteroatoms. The van der Waals surface area contributed by atoms with E-state index < -0.39 is 12.2 Å². The third-order valence-corrected chi connectivity index (χ3v) is 7.72. The number of hydrogen-bond acceptors (Lipinski definition) is 4. The van der Waals surface area contributed by atoms with Gasteiger partial charge in [0.15, 0.2) is 12.2 Å². The van der Waals surface area contributed by atoms with E-state index in [0.717, 1.165) is 33.0 Å². The second-order valence-corrected chi connectivity index (χ2v) is 11.0. The van der Waals surface area contributed by atoms with Gasteiger partial charge in [-0.1, -0.05) is 109 Å². The Labute approximate surface area is 268 Å². The van der Waals surface area contributed by atoms with Crippen molar-refractivity contribution in [1.82, 2.24) is 0 Å². The SMILES string of the molecule is CC(Oc1ccc(-c2ccccc2)cc1)C(=O)Nc1cccc2c(NC(=O)C(C)Oc3ccc(-c4ccccc4)cc3)cccc12. The van der Waals surface area contributed by atoms with Crippen molar-refractivity contribution in [3.8, 4) is 33.8 Å². The molecule has 0 saturated heterocycles. The molecule has 0 aliphatic heterocycles. The van der Waals surface area contributed by atoms with Crippen LogP contribution in [0.4, 0.5) is 11.4 Å². The maximum absolute atomic E-state index is 13.2. The summed E-state index contributed by atoms with van der Waals surface area (Å²) in [5.41, 5.74) is 5.61. The summed E-state index contributed by atoms with van der Waals surface area (Å²) in [5.74, 6) is 0.645. The Morgan fingerprint density at radius 3 is 1.15 bits per heavy atom. The number of fused-ring (bicyclic) bond motifs is 1. The average molecular weight is 607 g/mol. The van der Waals surface area contributed by atoms with Crippen molar-refractivity contribution in [1.29, 1.82) is 0 Å². The highest BCUT2D eigenvalue weighted by Gasteiger charge is 2.19. The number of rotatable bonds is 10. The van der Waals surface area contributed by atoms with Crippen LogP contribution in [-0.2, 0) is 9.59 Å². The molecular weight excluding hydrogens is 572 g/mol. The Balaban J connectivity index is 1.09. The van der Waals surface area contributed by atoms with Gasteiger partial charge in [0.25, 0.3) is 11.8 Å². The van der Waals surface area contributed by atoms with Crippen molar-refractivity contribution in [2.75, 3.05) is 10.6 Å². The number of benzene rings is 6. The minimum absolute atomic E-state index is 0.283. The maximum atomic E-state index is 13.2. The Morgan fingerprint density at radius 1 is 0.435 bits per heavy atom. The second kappa shape index (κ2) is 13.8. The van der Waals surface area contributed by atoms with Crippen molar-refractivity contribution in [3.63, 3.8) is 0 Å². The number of anilines is 2. The van der Waals surface area contributed by atoms with E-state index in [1.165, 1.54) is 0 Å². The fourth-order valence-corrected chi connectivity index (χ4v) is 5.23. The zero-order valence-electron chi connectivity index (χ0n) is 25.6. The molecule has 0 radical (unpaired) electrons. The lowest BCUT2D eigenvalue weighted by Crippen LogP contribution is -2.30. The van der Waals surface area contributed by atoms with Gasteiger partial charge in [-0.15, -0.1) is 0 Å². The molecule has 0 bridgehead atoms. The first-order chi connectivity index (χ1) is 22.4. The Bertz CT molecular complexity index is 1800. The van der Waals surface area contributed by atoms with Crippen molar-refractivity contribution in [2.24, 2.45) is 0 Å². The van der Waals surface area contributed by atoms with Crippen LogP contribution in [0.1, 0.15) is 13.8 Å². The van der Waals surface area contributed by atoms with Gasteiger partial charge in [0.2, 0.25) is 0 Å². The van der Waals surface area contributed by atoms with Crippen LogP contribution in [0.3, 0.4) is 0 Å². The van der Waals surface area contributed by atoms with E-state index >= 15 is 0 Å². The van der Waals surface area contributed by atoms with E-state index in [1.54, 1.807) is 13.8 Å². The quantitative estimate of drug-likeness (QED) is 0.163. The number of ether oxygens (including phenoxy) is 2. The summed E-state index contributed by atoms with van der Waals surface area (Å²) >= 11 is 0. The molecule has 0 aliphatic carbocycles.